The third kappa shape index (κ3) is 6.14. The maximum Gasteiger partial charge on any atom is 0.430 e. The quantitative estimate of drug-likeness (QED) is 0.539. The lowest BCUT2D eigenvalue weighted by atomic mass is 9.88. The molecule has 2 aliphatic rings. The molecule has 2 aromatic carbocycles. The highest BCUT2D eigenvalue weighted by atomic mass is 35.5. The molecule has 1 N–H and O–H groups in total. The number of aliphatic hydroxyl groups is 1. The molecule has 2 fully saturated rings. The molecule has 2 heterocycles. The maximum atomic E-state index is 14.1. The molecule has 0 saturated carbocycles. The highest BCUT2D eigenvalue weighted by molar-refractivity contribution is 6.34. The van der Waals surface area contributed by atoms with Gasteiger partial charge in [-0.3, -0.25) is 14.4 Å². The van der Waals surface area contributed by atoms with Gasteiger partial charge in [-0.2, -0.15) is 13.2 Å². The number of alkyl halides is 3. The van der Waals surface area contributed by atoms with E-state index in [1.807, 2.05) is 6.07 Å². The minimum absolute atomic E-state index is 0.0758. The monoisotopic (exact) mass is 610 g/mol. The van der Waals surface area contributed by atoms with Crippen molar-refractivity contribution < 1.29 is 37.4 Å². The average Bonchev–Trinajstić information content (AvgIpc) is 2.99. The molecule has 2 saturated heterocycles. The van der Waals surface area contributed by atoms with Gasteiger partial charge in [0.1, 0.15) is 5.75 Å². The summed E-state index contributed by atoms with van der Waals surface area (Å²) in [7, 11) is 4.57. The summed E-state index contributed by atoms with van der Waals surface area (Å²) >= 11 is 6.35. The number of piperidine rings is 1. The van der Waals surface area contributed by atoms with E-state index < -0.39 is 29.2 Å². The van der Waals surface area contributed by atoms with Crippen LogP contribution in [-0.2, 0) is 15.2 Å². The molecule has 228 valence electrons. The van der Waals surface area contributed by atoms with Crippen molar-refractivity contribution in [1.29, 1.82) is 0 Å². The zero-order chi connectivity index (χ0) is 30.8. The van der Waals surface area contributed by atoms with Gasteiger partial charge in [0.05, 0.1) is 17.7 Å². The molecule has 42 heavy (non-hydrogen) atoms. The first kappa shape index (κ1) is 31.4. The van der Waals surface area contributed by atoms with Gasteiger partial charge in [-0.25, -0.2) is 0 Å². The summed E-state index contributed by atoms with van der Waals surface area (Å²) in [4.78, 5) is 44.8. The van der Waals surface area contributed by atoms with Crippen LogP contribution in [0.4, 0.5) is 18.9 Å². The standard InChI is InChI=1S/C29H34ClF3N4O5/c1-34(2)26(39)23-8-7-21(18-24(23)30)35-13-15-36(16-14-35)25(38)19-9-11-37(12-10-19)27(40)28(41,29(31,32)33)20-5-4-6-22(17-20)42-3/h4-8,17-19,41H,9-16H2,1-3H3/t28-/m1/s1. The third-order valence-electron chi connectivity index (χ3n) is 7.88. The van der Waals surface area contributed by atoms with Crippen LogP contribution in [0.3, 0.4) is 0 Å². The van der Waals surface area contributed by atoms with Gasteiger partial charge in [-0.05, 0) is 43.2 Å². The minimum Gasteiger partial charge on any atom is -0.497 e. The highest BCUT2D eigenvalue weighted by Gasteiger charge is 2.62. The molecule has 2 aromatic rings. The zero-order valence-corrected chi connectivity index (χ0v) is 24.4. The van der Waals surface area contributed by atoms with Crippen LogP contribution in [0.5, 0.6) is 5.75 Å². The second-order valence-corrected chi connectivity index (χ2v) is 11.1. The van der Waals surface area contributed by atoms with Crippen LogP contribution in [0.25, 0.3) is 0 Å². The number of methoxy groups -OCH3 is 1. The van der Waals surface area contributed by atoms with Crippen LogP contribution >= 0.6 is 11.6 Å². The van der Waals surface area contributed by atoms with Gasteiger partial charge in [-0.15, -0.1) is 0 Å². The number of anilines is 1. The number of carbonyl (C=O) groups excluding carboxylic acids is 3. The van der Waals surface area contributed by atoms with Crippen molar-refractivity contribution in [2.24, 2.45) is 5.92 Å². The molecule has 1 atom stereocenters. The van der Waals surface area contributed by atoms with E-state index in [9.17, 15) is 32.7 Å². The van der Waals surface area contributed by atoms with Gasteiger partial charge >= 0.3 is 6.18 Å². The topological polar surface area (TPSA) is 93.6 Å². The van der Waals surface area contributed by atoms with Crippen LogP contribution in [-0.4, -0.2) is 104 Å². The van der Waals surface area contributed by atoms with Crippen LogP contribution in [0.2, 0.25) is 5.02 Å². The molecule has 0 spiro atoms. The van der Waals surface area contributed by atoms with Gasteiger partial charge in [0, 0.05) is 70.5 Å². The minimum atomic E-state index is -5.27. The highest BCUT2D eigenvalue weighted by Crippen LogP contribution is 2.42. The van der Waals surface area contributed by atoms with E-state index in [0.29, 0.717) is 36.8 Å². The molecule has 0 unspecified atom stereocenters. The van der Waals surface area contributed by atoms with E-state index in [1.165, 1.54) is 24.1 Å². The summed E-state index contributed by atoms with van der Waals surface area (Å²) in [6.07, 6.45) is -4.89. The van der Waals surface area contributed by atoms with Gasteiger partial charge < -0.3 is 29.4 Å². The average molecular weight is 611 g/mol. The van der Waals surface area contributed by atoms with Crippen molar-refractivity contribution in [1.82, 2.24) is 14.7 Å². The molecule has 0 aliphatic carbocycles. The van der Waals surface area contributed by atoms with Gasteiger partial charge in [-0.1, -0.05) is 23.7 Å². The smallest absolute Gasteiger partial charge is 0.430 e. The van der Waals surface area contributed by atoms with Crippen LogP contribution < -0.4 is 9.64 Å². The van der Waals surface area contributed by atoms with Gasteiger partial charge in [0.15, 0.2) is 0 Å². The predicted octanol–water partition coefficient (Wildman–Crippen LogP) is 3.39. The third-order valence-corrected chi connectivity index (χ3v) is 8.20. The number of piperazine rings is 1. The normalized spacial score (nSPS) is 18.0. The fourth-order valence-electron chi connectivity index (χ4n) is 5.37. The molecule has 2 aliphatic heterocycles. The number of carbonyl (C=O) groups is 3. The first-order valence-electron chi connectivity index (χ1n) is 13.6. The molecule has 9 nitrogen and oxygen atoms in total. The van der Waals surface area contributed by atoms with E-state index >= 15 is 0 Å². The van der Waals surface area contributed by atoms with E-state index in [2.05, 4.69) is 4.90 Å². The summed E-state index contributed by atoms with van der Waals surface area (Å²) in [6, 6.07) is 9.96. The van der Waals surface area contributed by atoms with Gasteiger partial charge in [0.25, 0.3) is 17.4 Å². The largest absolute Gasteiger partial charge is 0.497 e. The second kappa shape index (κ2) is 12.4. The summed E-state index contributed by atoms with van der Waals surface area (Å²) in [6.45, 7) is 1.79. The molecule has 0 bridgehead atoms. The fourth-order valence-corrected chi connectivity index (χ4v) is 5.63. The SMILES string of the molecule is COc1cccc([C@@](O)(C(=O)N2CCC(C(=O)N3CCN(c4ccc(C(=O)N(C)C)c(Cl)c4)CC3)CC2)C(F)(F)F)c1. The lowest BCUT2D eigenvalue weighted by molar-refractivity contribution is -0.262. The Bertz CT molecular complexity index is 1320. The lowest BCUT2D eigenvalue weighted by Gasteiger charge is -2.41. The van der Waals surface area contributed by atoms with E-state index in [-0.39, 0.29) is 43.5 Å². The number of ether oxygens (including phenoxy) is 1. The molecule has 0 aromatic heterocycles. The molecule has 4 rings (SSSR count). The summed E-state index contributed by atoms with van der Waals surface area (Å²) in [5.74, 6) is -2.14. The number of hydrogen-bond acceptors (Lipinski definition) is 6. The summed E-state index contributed by atoms with van der Waals surface area (Å²) in [5.41, 5.74) is -3.13. The first-order chi connectivity index (χ1) is 19.8. The van der Waals surface area contributed by atoms with Crippen molar-refractivity contribution in [3.63, 3.8) is 0 Å². The number of nitrogens with zero attached hydrogens (tertiary/aromatic N) is 4. The Kier molecular flexibility index (Phi) is 9.27. The number of rotatable bonds is 6. The lowest BCUT2D eigenvalue weighted by Crippen LogP contribution is -2.58. The number of halogens is 4. The van der Waals surface area contributed by atoms with Gasteiger partial charge in [0.2, 0.25) is 5.91 Å². The maximum absolute atomic E-state index is 14.1. The van der Waals surface area contributed by atoms with Crippen molar-refractivity contribution >= 4 is 35.0 Å². The van der Waals surface area contributed by atoms with E-state index in [0.717, 1.165) is 22.7 Å². The van der Waals surface area contributed by atoms with Crippen molar-refractivity contribution in [3.8, 4) is 5.75 Å². The molecular weight excluding hydrogens is 577 g/mol. The molecule has 0 radical (unpaired) electrons. The van der Waals surface area contributed by atoms with Crippen molar-refractivity contribution in [2.45, 2.75) is 24.6 Å². The summed E-state index contributed by atoms with van der Waals surface area (Å²) < 4.78 is 47.3. The Balaban J connectivity index is 1.35. The Morgan fingerprint density at radius 3 is 2.14 bits per heavy atom. The Hall–Kier alpha value is -3.51. The van der Waals surface area contributed by atoms with Crippen molar-refractivity contribution in [2.75, 3.05) is 65.4 Å². The number of benzene rings is 2. The van der Waals surface area contributed by atoms with Crippen molar-refractivity contribution in [3.05, 3.63) is 58.6 Å². The number of likely N-dealkylation sites (tertiary alicyclic amines) is 1. The molecule has 3 amide bonds. The Morgan fingerprint density at radius 2 is 1.60 bits per heavy atom. The zero-order valence-electron chi connectivity index (χ0n) is 23.7. The fraction of sp³-hybridized carbons (Fsp3) is 0.483. The van der Waals surface area contributed by atoms with E-state index in [1.54, 1.807) is 31.1 Å². The summed E-state index contributed by atoms with van der Waals surface area (Å²) in [5, 5.41) is 11.1. The Morgan fingerprint density at radius 1 is 0.952 bits per heavy atom. The molecular formula is C29H34ClF3N4O5. The Labute approximate surface area is 247 Å². The second-order valence-electron chi connectivity index (χ2n) is 10.7. The predicted molar refractivity (Wildman–Crippen MR) is 151 cm³/mol. The molecule has 13 heteroatoms. The van der Waals surface area contributed by atoms with Crippen LogP contribution in [0.1, 0.15) is 28.8 Å². The van der Waals surface area contributed by atoms with E-state index in [4.69, 9.17) is 16.3 Å². The number of hydrogen-bond donors (Lipinski definition) is 1. The van der Waals surface area contributed by atoms with Crippen LogP contribution in [0, 0.1) is 5.92 Å². The number of amides is 3. The van der Waals surface area contributed by atoms with Crippen LogP contribution in [0.15, 0.2) is 42.5 Å². The first-order valence-corrected chi connectivity index (χ1v) is 13.9.